The van der Waals surface area contributed by atoms with E-state index in [-0.39, 0.29) is 4.75 Å². The van der Waals surface area contributed by atoms with Crippen molar-refractivity contribution in [1.82, 2.24) is 5.32 Å². The zero-order chi connectivity index (χ0) is 18.5. The van der Waals surface area contributed by atoms with E-state index in [1.54, 1.807) is 11.8 Å². The fourth-order valence-corrected chi connectivity index (χ4v) is 4.53. The van der Waals surface area contributed by atoms with Gasteiger partial charge in [0, 0.05) is 10.5 Å². The van der Waals surface area contributed by atoms with Gasteiger partial charge in [0.05, 0.1) is 19.6 Å². The van der Waals surface area contributed by atoms with Gasteiger partial charge in [-0.3, -0.25) is 9.59 Å². The van der Waals surface area contributed by atoms with E-state index in [0.29, 0.717) is 17.6 Å². The molecular weight excluding hydrogens is 332 g/mol. The molecule has 0 spiro atoms. The number of aliphatic carboxylic acids is 1. The third-order valence-corrected chi connectivity index (χ3v) is 7.01. The van der Waals surface area contributed by atoms with Crippen LogP contribution in [0.4, 0.5) is 0 Å². The molecule has 24 heavy (non-hydrogen) atoms. The number of nitrogens with two attached hydrogens (primary N) is 1. The van der Waals surface area contributed by atoms with E-state index in [1.165, 1.54) is 7.11 Å². The van der Waals surface area contributed by atoms with Crippen LogP contribution in [0.2, 0.25) is 0 Å². The number of ether oxygens (including phenoxy) is 1. The quantitative estimate of drug-likeness (QED) is 0.553. The lowest BCUT2D eigenvalue weighted by atomic mass is 9.93. The first-order valence-corrected chi connectivity index (χ1v) is 9.09. The number of nitrogens with one attached hydrogen (secondary N) is 1. The molecule has 4 atom stereocenters. The summed E-state index contributed by atoms with van der Waals surface area (Å²) in [6, 6.07) is -2.04. The topological polar surface area (TPSA) is 119 Å². The number of methoxy groups -OCH3 is 1. The lowest BCUT2D eigenvalue weighted by Crippen LogP contribution is -2.51. The zero-order valence-electron chi connectivity index (χ0n) is 14.7. The molecule has 0 aromatic rings. The van der Waals surface area contributed by atoms with Crippen LogP contribution in [0.3, 0.4) is 0 Å². The highest BCUT2D eigenvalue weighted by Gasteiger charge is 2.43. The van der Waals surface area contributed by atoms with Crippen LogP contribution in [0.5, 0.6) is 0 Å². The Morgan fingerprint density at radius 2 is 1.88 bits per heavy atom. The van der Waals surface area contributed by atoms with E-state index in [9.17, 15) is 14.4 Å². The number of hydrogen-bond donors (Lipinski definition) is 3. The Kier molecular flexibility index (Phi) is 7.54. The Morgan fingerprint density at radius 3 is 2.33 bits per heavy atom. The highest BCUT2D eigenvalue weighted by molar-refractivity contribution is 8.00. The Morgan fingerprint density at radius 1 is 1.33 bits per heavy atom. The molecule has 7 nitrogen and oxygen atoms in total. The second kappa shape index (κ2) is 8.71. The molecule has 0 heterocycles. The summed E-state index contributed by atoms with van der Waals surface area (Å²) in [6.07, 6.45) is 1.80. The van der Waals surface area contributed by atoms with Crippen molar-refractivity contribution in [3.63, 3.8) is 0 Å². The molecule has 0 saturated heterocycles. The smallest absolute Gasteiger partial charge is 0.329 e. The maximum absolute atomic E-state index is 12.0. The summed E-state index contributed by atoms with van der Waals surface area (Å²) in [5.74, 6) is -0.987. The van der Waals surface area contributed by atoms with Gasteiger partial charge in [-0.15, -0.1) is 0 Å². The fourth-order valence-electron chi connectivity index (χ4n) is 2.98. The molecule has 1 fully saturated rings. The van der Waals surface area contributed by atoms with Crippen molar-refractivity contribution in [2.24, 2.45) is 17.6 Å². The molecule has 4 N–H and O–H groups in total. The predicted molar refractivity (Wildman–Crippen MR) is 92.6 cm³/mol. The molecule has 0 aliphatic heterocycles. The number of carbonyl (C=O) groups excluding carboxylic acids is 2. The van der Waals surface area contributed by atoms with E-state index in [1.807, 2.05) is 0 Å². The van der Waals surface area contributed by atoms with Crippen LogP contribution in [0.1, 0.15) is 40.0 Å². The summed E-state index contributed by atoms with van der Waals surface area (Å²) < 4.78 is 4.78. The molecule has 138 valence electrons. The van der Waals surface area contributed by atoms with E-state index in [4.69, 9.17) is 15.6 Å². The second-order valence-electron chi connectivity index (χ2n) is 6.66. The van der Waals surface area contributed by atoms with Gasteiger partial charge in [0.25, 0.3) is 0 Å². The van der Waals surface area contributed by atoms with Crippen LogP contribution < -0.4 is 11.1 Å². The van der Waals surface area contributed by atoms with E-state index in [2.05, 4.69) is 26.1 Å². The number of rotatable bonds is 8. The molecule has 0 bridgehead atoms. The molecule has 1 amide bonds. The molecule has 1 aliphatic rings. The van der Waals surface area contributed by atoms with Gasteiger partial charge in [-0.1, -0.05) is 13.8 Å². The number of amides is 1. The molecular formula is C16H28N2O5S. The number of thioether (sulfide) groups is 1. The Hall–Kier alpha value is -1.28. The maximum Gasteiger partial charge on any atom is 0.329 e. The van der Waals surface area contributed by atoms with Crippen LogP contribution >= 0.6 is 11.8 Å². The van der Waals surface area contributed by atoms with Crippen LogP contribution in [0, 0.1) is 11.8 Å². The second-order valence-corrected chi connectivity index (χ2v) is 8.16. The molecule has 0 aromatic carbocycles. The van der Waals surface area contributed by atoms with Gasteiger partial charge in [-0.05, 0) is 31.6 Å². The first kappa shape index (κ1) is 20.8. The summed E-state index contributed by atoms with van der Waals surface area (Å²) in [5, 5.41) is 11.2. The monoisotopic (exact) mass is 360 g/mol. The van der Waals surface area contributed by atoms with Crippen LogP contribution in [0.15, 0.2) is 0 Å². The van der Waals surface area contributed by atoms with E-state index < -0.39 is 36.4 Å². The molecule has 0 radical (unpaired) electrons. The van der Waals surface area contributed by atoms with Crippen molar-refractivity contribution < 1.29 is 24.2 Å². The molecule has 2 unspecified atom stereocenters. The highest BCUT2D eigenvalue weighted by atomic mass is 32.2. The Labute approximate surface area is 147 Å². The van der Waals surface area contributed by atoms with Crippen molar-refractivity contribution in [3.05, 3.63) is 0 Å². The van der Waals surface area contributed by atoms with Crippen molar-refractivity contribution in [1.29, 1.82) is 0 Å². The molecule has 8 heteroatoms. The first-order chi connectivity index (χ1) is 11.1. The average Bonchev–Trinajstić information content (AvgIpc) is 2.77. The summed E-state index contributed by atoms with van der Waals surface area (Å²) in [5.41, 5.74) is 5.54. The number of hydrogen-bond acceptors (Lipinski definition) is 6. The summed E-state index contributed by atoms with van der Waals surface area (Å²) >= 11 is 1.65. The van der Waals surface area contributed by atoms with Crippen molar-refractivity contribution in [2.75, 3.05) is 12.9 Å². The normalized spacial score (nSPS) is 28.9. The zero-order valence-corrected chi connectivity index (χ0v) is 15.5. The van der Waals surface area contributed by atoms with Gasteiger partial charge in [0.1, 0.15) is 6.04 Å². The minimum atomic E-state index is -1.19. The Balaban J connectivity index is 2.71. The lowest BCUT2D eigenvalue weighted by molar-refractivity contribution is -0.144. The van der Waals surface area contributed by atoms with Gasteiger partial charge in [-0.2, -0.15) is 11.8 Å². The maximum atomic E-state index is 12.0. The largest absolute Gasteiger partial charge is 0.481 e. The van der Waals surface area contributed by atoms with Crippen LogP contribution in [-0.4, -0.2) is 52.6 Å². The third kappa shape index (κ3) is 5.11. The number of carbonyl (C=O) groups is 3. The number of carboxylic acids is 1. The van der Waals surface area contributed by atoms with E-state index in [0.717, 1.165) is 12.8 Å². The molecule has 1 aliphatic carbocycles. The van der Waals surface area contributed by atoms with Crippen molar-refractivity contribution >= 4 is 29.6 Å². The average molecular weight is 360 g/mol. The van der Waals surface area contributed by atoms with Gasteiger partial charge in [0.15, 0.2) is 0 Å². The van der Waals surface area contributed by atoms with E-state index >= 15 is 0 Å². The SMILES string of the molecule is COC(=O)[C@H](CSC1(C)C(C)CCC1C)NC(=O)[C@@H](N)CC(=O)O. The summed E-state index contributed by atoms with van der Waals surface area (Å²) in [4.78, 5) is 34.6. The molecule has 1 rings (SSSR count). The minimum absolute atomic E-state index is 0.0280. The molecule has 0 aromatic heterocycles. The summed E-state index contributed by atoms with van der Waals surface area (Å²) in [7, 11) is 1.26. The van der Waals surface area contributed by atoms with Crippen LogP contribution in [-0.2, 0) is 19.1 Å². The number of esters is 1. The third-order valence-electron chi connectivity index (χ3n) is 5.08. The van der Waals surface area contributed by atoms with Crippen LogP contribution in [0.25, 0.3) is 0 Å². The fraction of sp³-hybridized carbons (Fsp3) is 0.812. The standard InChI is InChI=1S/C16H28N2O5S/c1-9-5-6-10(2)16(9,3)24-8-12(15(22)23-4)18-14(21)11(17)7-13(19)20/h9-12H,5-8,17H2,1-4H3,(H,18,21)(H,19,20)/t9?,10?,11-,12-,16?/m0/s1. The van der Waals surface area contributed by atoms with Gasteiger partial charge < -0.3 is 20.9 Å². The number of carboxylic acid groups (broad SMARTS) is 1. The minimum Gasteiger partial charge on any atom is -0.481 e. The van der Waals surface area contributed by atoms with Gasteiger partial charge in [0.2, 0.25) is 5.91 Å². The first-order valence-electron chi connectivity index (χ1n) is 8.11. The predicted octanol–water partition coefficient (Wildman–Crippen LogP) is 1.00. The Bertz CT molecular complexity index is 475. The lowest BCUT2D eigenvalue weighted by Gasteiger charge is -2.34. The van der Waals surface area contributed by atoms with Crippen molar-refractivity contribution in [3.8, 4) is 0 Å². The van der Waals surface area contributed by atoms with Gasteiger partial charge >= 0.3 is 11.9 Å². The van der Waals surface area contributed by atoms with Crippen molar-refractivity contribution in [2.45, 2.75) is 56.9 Å². The molecule has 1 saturated carbocycles. The van der Waals surface area contributed by atoms with Gasteiger partial charge in [-0.25, -0.2) is 4.79 Å². The highest BCUT2D eigenvalue weighted by Crippen LogP contribution is 2.49. The summed E-state index contributed by atoms with van der Waals surface area (Å²) in [6.45, 7) is 6.59.